The van der Waals surface area contributed by atoms with E-state index in [4.69, 9.17) is 39.8 Å². The summed E-state index contributed by atoms with van der Waals surface area (Å²) >= 11 is -4.19. The minimum absolute atomic E-state index is 0.0320. The Hall–Kier alpha value is -2.29. The number of Topliss-reactive ketones (excluding diaryl/α,β-unsaturated/α-hetero) is 3. The standard InChI is InChI=1S/3C13H24O5.Al/c3*1-9(2)7-17-13(5,18-8-10(3)4)11(14)6-12(15)16;/h3*9-10H,6-8H2,1-5H3,(H,15,16);/q;;;+3/p-3. The Labute approximate surface area is 333 Å². The zero-order chi connectivity index (χ0) is 42.7. The lowest BCUT2D eigenvalue weighted by Gasteiger charge is -2.30. The quantitative estimate of drug-likeness (QED) is 0.0492. The summed E-state index contributed by atoms with van der Waals surface area (Å²) in [4.78, 5) is 79.7. The van der Waals surface area contributed by atoms with Crippen molar-refractivity contribution >= 4 is 50.4 Å². The number of ketones is 3. The summed E-state index contributed by atoms with van der Waals surface area (Å²) in [5.41, 5.74) is 0. The fraction of sp³-hybridized carbons (Fsp3) is 0.846. The molecule has 0 unspecified atom stereocenters. The van der Waals surface area contributed by atoms with Crippen molar-refractivity contribution in [2.75, 3.05) is 39.6 Å². The van der Waals surface area contributed by atoms with Crippen molar-refractivity contribution < 1.29 is 68.6 Å². The van der Waals surface area contributed by atoms with Gasteiger partial charge in [0.2, 0.25) is 34.7 Å². The fourth-order valence-corrected chi connectivity index (χ4v) is 4.99. The Kier molecular flexibility index (Phi) is 24.1. The fourth-order valence-electron chi connectivity index (χ4n) is 3.96. The molecule has 16 heteroatoms. The van der Waals surface area contributed by atoms with Gasteiger partial charge >= 0.3 is 15.1 Å². The number of hydrogen-bond acceptors (Lipinski definition) is 15. The molecule has 0 atom stereocenters. The second-order valence-electron chi connectivity index (χ2n) is 16.6. The molecular weight excluding hydrogens is 735 g/mol. The summed E-state index contributed by atoms with van der Waals surface area (Å²) in [7, 11) is 0. The number of rotatable bonds is 30. The Morgan fingerprint density at radius 2 is 0.527 bits per heavy atom. The predicted octanol–water partition coefficient (Wildman–Crippen LogP) is 5.66. The van der Waals surface area contributed by atoms with Gasteiger partial charge in [-0.3, -0.25) is 28.8 Å². The molecule has 0 aromatic rings. The monoisotopic (exact) mass is 804 g/mol. The molecule has 0 saturated carbocycles. The van der Waals surface area contributed by atoms with Crippen molar-refractivity contribution in [3.05, 3.63) is 0 Å². The Morgan fingerprint density at radius 1 is 0.364 bits per heavy atom. The highest BCUT2D eigenvalue weighted by Gasteiger charge is 2.52. The largest absolute Gasteiger partial charge is 1.20 e. The summed E-state index contributed by atoms with van der Waals surface area (Å²) in [6.07, 6.45) is -2.72. The van der Waals surface area contributed by atoms with Crippen LogP contribution in [0.3, 0.4) is 0 Å². The van der Waals surface area contributed by atoms with Gasteiger partial charge in [0.25, 0.3) is 17.9 Å². The van der Waals surface area contributed by atoms with Crippen LogP contribution in [0.4, 0.5) is 0 Å². The van der Waals surface area contributed by atoms with Crippen molar-refractivity contribution in [3.8, 4) is 0 Å². The van der Waals surface area contributed by atoms with Crippen LogP contribution in [0.25, 0.3) is 0 Å². The van der Waals surface area contributed by atoms with Crippen LogP contribution in [0.2, 0.25) is 0 Å². The van der Waals surface area contributed by atoms with Crippen molar-refractivity contribution in [2.45, 2.75) is 140 Å². The smallest absolute Gasteiger partial charge is 0.550 e. The molecule has 0 aliphatic rings. The Balaban J connectivity index is 6.34. The van der Waals surface area contributed by atoms with E-state index in [1.165, 1.54) is 20.8 Å². The molecule has 0 amide bonds. The van der Waals surface area contributed by atoms with E-state index in [-0.39, 0.29) is 75.1 Å². The molecule has 0 bridgehead atoms. The summed E-state index contributed by atoms with van der Waals surface area (Å²) < 4.78 is 50.5. The van der Waals surface area contributed by atoms with E-state index < -0.39 is 87.0 Å². The van der Waals surface area contributed by atoms with Crippen molar-refractivity contribution in [1.82, 2.24) is 0 Å². The van der Waals surface area contributed by atoms with Crippen LogP contribution >= 0.6 is 0 Å². The van der Waals surface area contributed by atoms with Crippen molar-refractivity contribution in [1.29, 1.82) is 0 Å². The van der Waals surface area contributed by atoms with Gasteiger partial charge in [-0.15, -0.1) is 0 Å². The van der Waals surface area contributed by atoms with Gasteiger partial charge in [0.15, 0.2) is 0 Å². The van der Waals surface area contributed by atoms with Crippen molar-refractivity contribution in [3.63, 3.8) is 0 Å². The Morgan fingerprint density at radius 3 is 0.673 bits per heavy atom. The summed E-state index contributed by atoms with van der Waals surface area (Å²) in [5.74, 6) is -11.3. The molecule has 0 heterocycles. The van der Waals surface area contributed by atoms with Crippen LogP contribution in [-0.4, -0.2) is 107 Å². The minimum atomic E-state index is -4.19. The average Bonchev–Trinajstić information content (AvgIpc) is 3.05. The summed E-state index contributed by atoms with van der Waals surface area (Å²) in [5, 5.41) is 0. The maximum atomic E-state index is 13.4. The van der Waals surface area contributed by atoms with Gasteiger partial charge in [0.1, 0.15) is 19.3 Å². The second-order valence-corrected chi connectivity index (χ2v) is 17.9. The number of carbonyl (C=O) groups is 6. The lowest BCUT2D eigenvalue weighted by molar-refractivity contribution is -0.227. The van der Waals surface area contributed by atoms with Gasteiger partial charge in [-0.25, -0.2) is 0 Å². The molecule has 55 heavy (non-hydrogen) atoms. The summed E-state index contributed by atoms with van der Waals surface area (Å²) in [6, 6.07) is 0. The topological polar surface area (TPSA) is 185 Å². The van der Waals surface area contributed by atoms with E-state index in [1.54, 1.807) is 0 Å². The highest BCUT2D eigenvalue weighted by molar-refractivity contribution is 6.44. The van der Waals surface area contributed by atoms with Crippen LogP contribution in [0.1, 0.15) is 123 Å². The first-order chi connectivity index (χ1) is 25.2. The van der Waals surface area contributed by atoms with Gasteiger partial charge < -0.3 is 39.8 Å². The second kappa shape index (κ2) is 25.2. The Bertz CT molecular complexity index is 1040. The first-order valence-electron chi connectivity index (χ1n) is 19.3. The lowest BCUT2D eigenvalue weighted by atomic mass is 10.1. The molecule has 0 rings (SSSR count). The molecule has 0 radical (unpaired) electrons. The maximum absolute atomic E-state index is 13.4. The first kappa shape index (κ1) is 52.7. The van der Waals surface area contributed by atoms with Crippen LogP contribution in [-0.2, 0) is 68.6 Å². The minimum Gasteiger partial charge on any atom is -0.550 e. The van der Waals surface area contributed by atoms with Gasteiger partial charge in [0.05, 0.1) is 39.6 Å². The van der Waals surface area contributed by atoms with Crippen LogP contribution in [0.15, 0.2) is 0 Å². The van der Waals surface area contributed by atoms with Crippen LogP contribution in [0.5, 0.6) is 0 Å². The lowest BCUT2D eigenvalue weighted by Crippen LogP contribution is -2.46. The summed E-state index contributed by atoms with van der Waals surface area (Å²) in [6.45, 7) is 27.5. The molecule has 0 N–H and O–H groups in total. The molecule has 0 aromatic heterocycles. The highest BCUT2D eigenvalue weighted by atomic mass is 27.3. The number of carbonyl (C=O) groups excluding carboxylic acids is 6. The number of ether oxygens (including phenoxy) is 6. The predicted molar refractivity (Wildman–Crippen MR) is 203 cm³/mol. The third-order valence-electron chi connectivity index (χ3n) is 7.27. The highest BCUT2D eigenvalue weighted by Crippen LogP contribution is 2.23. The van der Waals surface area contributed by atoms with E-state index in [9.17, 15) is 28.8 Å². The number of hydrogen-bond donors (Lipinski definition) is 0. The van der Waals surface area contributed by atoms with Crippen molar-refractivity contribution in [2.24, 2.45) is 35.5 Å². The van der Waals surface area contributed by atoms with E-state index in [2.05, 4.69) is 0 Å². The molecule has 15 nitrogen and oxygen atoms in total. The molecule has 0 aliphatic carbocycles. The van der Waals surface area contributed by atoms with E-state index in [0.717, 1.165) is 0 Å². The van der Waals surface area contributed by atoms with E-state index >= 15 is 0 Å². The zero-order valence-electron chi connectivity index (χ0n) is 36.0. The zero-order valence-corrected chi connectivity index (χ0v) is 37.2. The normalized spacial score (nSPS) is 12.6. The third-order valence-corrected chi connectivity index (χ3v) is 8.64. The van der Waals surface area contributed by atoms with Gasteiger partial charge in [0, 0.05) is 0 Å². The van der Waals surface area contributed by atoms with Gasteiger partial charge in [-0.1, -0.05) is 83.1 Å². The molecule has 0 fully saturated rings. The molecule has 0 saturated heterocycles. The van der Waals surface area contributed by atoms with Crippen LogP contribution in [0, 0.1) is 35.5 Å². The SMILES string of the molecule is CC(C)COC(C)(OCC(C)C)C(=O)CC(=O)[O][Al]([O]C(=O)CC(=O)C(C)(OCC(C)C)OCC(C)C)[O]C(=O)CC(=O)C(C)(OCC(C)C)OCC(C)C. The molecular formula is C39H69AlO15. The molecule has 0 aliphatic heterocycles. The first-order valence-corrected chi connectivity index (χ1v) is 20.7. The van der Waals surface area contributed by atoms with Gasteiger partial charge in [-0.05, 0) is 56.3 Å². The average molecular weight is 805 g/mol. The van der Waals surface area contributed by atoms with Crippen LogP contribution < -0.4 is 0 Å². The molecule has 0 spiro atoms. The van der Waals surface area contributed by atoms with E-state index in [0.29, 0.717) is 0 Å². The third kappa shape index (κ3) is 22.3. The maximum Gasteiger partial charge on any atom is 1.20 e. The molecule has 0 aromatic carbocycles. The van der Waals surface area contributed by atoms with E-state index in [1.807, 2.05) is 83.1 Å². The molecule has 318 valence electrons. The van der Waals surface area contributed by atoms with Gasteiger partial charge in [-0.2, -0.15) is 0 Å².